The van der Waals surface area contributed by atoms with Crippen molar-refractivity contribution in [2.24, 2.45) is 7.05 Å². The van der Waals surface area contributed by atoms with Gasteiger partial charge in [-0.2, -0.15) is 5.10 Å². The van der Waals surface area contributed by atoms with Crippen LogP contribution in [-0.2, 0) is 20.0 Å². The molecule has 8 nitrogen and oxygen atoms in total. The second-order valence-electron chi connectivity index (χ2n) is 8.76. The molecule has 166 valence electrons. The predicted octanol–water partition coefficient (Wildman–Crippen LogP) is 2.49. The Morgan fingerprint density at radius 2 is 1.81 bits per heavy atom. The maximum absolute atomic E-state index is 13.7. The fraction of sp³-hybridized carbons (Fsp3) is 0.417. The van der Waals surface area contributed by atoms with Gasteiger partial charge >= 0.3 is 0 Å². The number of nitrogens with one attached hydrogen (secondary N) is 1. The molecule has 0 unspecified atom stereocenters. The molecule has 8 heteroatoms. The molecule has 2 atom stereocenters. The Labute approximate surface area is 187 Å². The summed E-state index contributed by atoms with van der Waals surface area (Å²) in [5, 5.41) is 7.18. The minimum Gasteiger partial charge on any atom is -0.354 e. The third-order valence-corrected chi connectivity index (χ3v) is 6.95. The van der Waals surface area contributed by atoms with E-state index in [1.54, 1.807) is 11.7 Å². The van der Waals surface area contributed by atoms with Gasteiger partial charge in [0.15, 0.2) is 0 Å². The highest BCUT2D eigenvalue weighted by Crippen LogP contribution is 2.37. The standard InChI is InChI=1S/C24H28N6O2/c1-14-20(15(2)28(4)27-14)24(32)30-17-10-11-18(30)13-29-19(12-17)21(23(31)25-3)26-22(29)16-8-6-5-7-9-16/h5-9,17-18H,10-13H2,1-4H3,(H,25,31)/t17-,18+/m0/s1. The van der Waals surface area contributed by atoms with Crippen LogP contribution in [0.2, 0.25) is 0 Å². The quantitative estimate of drug-likeness (QED) is 0.689. The first-order valence-corrected chi connectivity index (χ1v) is 11.1. The van der Waals surface area contributed by atoms with Crippen molar-refractivity contribution in [3.8, 4) is 11.4 Å². The van der Waals surface area contributed by atoms with E-state index in [0.29, 0.717) is 24.2 Å². The Hall–Kier alpha value is -3.42. The van der Waals surface area contributed by atoms with E-state index in [1.165, 1.54) is 0 Å². The SMILES string of the molecule is CNC(=O)c1nc(-c2ccccc2)n2c1C[C@@H]1CC[C@H](C2)N1C(=O)c1c(C)nn(C)c1C. The Morgan fingerprint density at radius 1 is 1.09 bits per heavy atom. The summed E-state index contributed by atoms with van der Waals surface area (Å²) in [4.78, 5) is 33.3. The van der Waals surface area contributed by atoms with Gasteiger partial charge in [-0.25, -0.2) is 4.98 Å². The summed E-state index contributed by atoms with van der Waals surface area (Å²) in [7, 11) is 3.50. The Morgan fingerprint density at radius 3 is 2.47 bits per heavy atom. The summed E-state index contributed by atoms with van der Waals surface area (Å²) < 4.78 is 3.93. The number of hydrogen-bond acceptors (Lipinski definition) is 4. The van der Waals surface area contributed by atoms with Gasteiger partial charge in [-0.05, 0) is 26.7 Å². The fourth-order valence-corrected chi connectivity index (χ4v) is 5.32. The number of fused-ring (bicyclic) bond motifs is 3. The molecule has 2 aliphatic heterocycles. The first kappa shape index (κ1) is 20.5. The second-order valence-corrected chi connectivity index (χ2v) is 8.76. The zero-order valence-corrected chi connectivity index (χ0v) is 18.9. The van der Waals surface area contributed by atoms with Gasteiger partial charge in [0.25, 0.3) is 11.8 Å². The lowest BCUT2D eigenvalue weighted by atomic mass is 10.0. The molecule has 2 aliphatic rings. The largest absolute Gasteiger partial charge is 0.354 e. The Balaban J connectivity index is 1.59. The summed E-state index contributed by atoms with van der Waals surface area (Å²) in [6.07, 6.45) is 2.48. The highest BCUT2D eigenvalue weighted by molar-refractivity contribution is 5.97. The molecule has 32 heavy (non-hydrogen) atoms. The molecule has 2 aromatic heterocycles. The molecule has 0 spiro atoms. The van der Waals surface area contributed by atoms with Crippen molar-refractivity contribution in [3.63, 3.8) is 0 Å². The molecular weight excluding hydrogens is 404 g/mol. The fourth-order valence-electron chi connectivity index (χ4n) is 5.32. The van der Waals surface area contributed by atoms with Crippen LogP contribution in [0.15, 0.2) is 30.3 Å². The zero-order valence-electron chi connectivity index (χ0n) is 18.9. The van der Waals surface area contributed by atoms with Gasteiger partial charge < -0.3 is 14.8 Å². The van der Waals surface area contributed by atoms with Crippen molar-refractivity contribution >= 4 is 11.8 Å². The molecule has 0 aliphatic carbocycles. The van der Waals surface area contributed by atoms with Crippen LogP contribution in [0, 0.1) is 13.8 Å². The van der Waals surface area contributed by atoms with E-state index in [4.69, 9.17) is 4.98 Å². The minimum atomic E-state index is -0.189. The van der Waals surface area contributed by atoms with E-state index >= 15 is 0 Å². The van der Waals surface area contributed by atoms with Gasteiger partial charge in [0.05, 0.1) is 23.0 Å². The van der Waals surface area contributed by atoms with Crippen LogP contribution in [0.4, 0.5) is 0 Å². The molecule has 2 amide bonds. The molecule has 1 saturated heterocycles. The van der Waals surface area contributed by atoms with Gasteiger partial charge in [0.2, 0.25) is 0 Å². The van der Waals surface area contributed by atoms with Crippen molar-refractivity contribution in [2.75, 3.05) is 7.05 Å². The van der Waals surface area contributed by atoms with Gasteiger partial charge in [0.1, 0.15) is 11.5 Å². The molecule has 1 fully saturated rings. The maximum atomic E-state index is 13.7. The summed E-state index contributed by atoms with van der Waals surface area (Å²) in [5.41, 5.74) is 4.68. The van der Waals surface area contributed by atoms with Crippen molar-refractivity contribution in [1.82, 2.24) is 29.5 Å². The van der Waals surface area contributed by atoms with Crippen LogP contribution in [-0.4, -0.2) is 55.2 Å². The van der Waals surface area contributed by atoms with Gasteiger partial charge in [-0.3, -0.25) is 14.3 Å². The molecule has 1 aromatic carbocycles. The van der Waals surface area contributed by atoms with Gasteiger partial charge in [0, 0.05) is 44.4 Å². The van der Waals surface area contributed by atoms with Crippen LogP contribution in [0.5, 0.6) is 0 Å². The Bertz CT molecular complexity index is 1210. The van der Waals surface area contributed by atoms with Crippen molar-refractivity contribution in [1.29, 1.82) is 0 Å². The van der Waals surface area contributed by atoms with E-state index in [9.17, 15) is 9.59 Å². The number of hydrogen-bond donors (Lipinski definition) is 1. The number of imidazole rings is 1. The molecule has 2 bridgehead atoms. The predicted molar refractivity (Wildman–Crippen MR) is 120 cm³/mol. The van der Waals surface area contributed by atoms with E-state index in [1.807, 2.05) is 56.1 Å². The summed E-state index contributed by atoms with van der Waals surface area (Å²) in [6, 6.07) is 10.0. The number of aryl methyl sites for hydroxylation is 2. The first-order chi connectivity index (χ1) is 15.4. The first-order valence-electron chi connectivity index (χ1n) is 11.1. The molecule has 3 aromatic rings. The van der Waals surface area contributed by atoms with Gasteiger partial charge in [-0.1, -0.05) is 30.3 Å². The lowest BCUT2D eigenvalue weighted by Crippen LogP contribution is -2.42. The molecular formula is C24H28N6O2. The van der Waals surface area contributed by atoms with E-state index in [0.717, 1.165) is 41.3 Å². The minimum absolute atomic E-state index is 0.0384. The number of rotatable bonds is 3. The second kappa shape index (κ2) is 7.62. The average Bonchev–Trinajstić information content (AvgIpc) is 3.38. The topological polar surface area (TPSA) is 85.1 Å². The third-order valence-electron chi connectivity index (χ3n) is 6.95. The van der Waals surface area contributed by atoms with Crippen molar-refractivity contribution in [3.05, 3.63) is 58.7 Å². The maximum Gasteiger partial charge on any atom is 0.271 e. The molecule has 0 radical (unpaired) electrons. The molecule has 4 heterocycles. The number of nitrogens with zero attached hydrogens (tertiary/aromatic N) is 5. The van der Waals surface area contributed by atoms with Crippen LogP contribution in [0.3, 0.4) is 0 Å². The number of aromatic nitrogens is 4. The third kappa shape index (κ3) is 3.04. The number of amides is 2. The lowest BCUT2D eigenvalue weighted by Gasteiger charge is -2.28. The normalized spacial score (nSPS) is 19.6. The molecule has 1 N–H and O–H groups in total. The highest BCUT2D eigenvalue weighted by Gasteiger charge is 2.43. The lowest BCUT2D eigenvalue weighted by molar-refractivity contribution is 0.0664. The molecule has 0 saturated carbocycles. The number of carbonyl (C=O) groups is 2. The van der Waals surface area contributed by atoms with Crippen LogP contribution >= 0.6 is 0 Å². The summed E-state index contributed by atoms with van der Waals surface area (Å²) >= 11 is 0. The van der Waals surface area contributed by atoms with Crippen molar-refractivity contribution in [2.45, 2.75) is 51.7 Å². The zero-order chi connectivity index (χ0) is 22.6. The highest BCUT2D eigenvalue weighted by atomic mass is 16.2. The van der Waals surface area contributed by atoms with E-state index in [-0.39, 0.29) is 23.9 Å². The monoisotopic (exact) mass is 432 g/mol. The summed E-state index contributed by atoms with van der Waals surface area (Å²) in [5.74, 6) is 0.639. The van der Waals surface area contributed by atoms with E-state index < -0.39 is 0 Å². The van der Waals surface area contributed by atoms with Crippen molar-refractivity contribution < 1.29 is 9.59 Å². The van der Waals surface area contributed by atoms with Crippen LogP contribution in [0.1, 0.15) is 50.8 Å². The number of benzene rings is 1. The van der Waals surface area contributed by atoms with Crippen LogP contribution in [0.25, 0.3) is 11.4 Å². The summed E-state index contributed by atoms with van der Waals surface area (Å²) in [6.45, 7) is 4.46. The average molecular weight is 433 g/mol. The molecule has 5 rings (SSSR count). The smallest absolute Gasteiger partial charge is 0.271 e. The Kier molecular flexibility index (Phi) is 4.87. The van der Waals surface area contributed by atoms with Crippen LogP contribution < -0.4 is 5.32 Å². The number of carbonyl (C=O) groups excluding carboxylic acids is 2. The van der Waals surface area contributed by atoms with E-state index in [2.05, 4.69) is 15.0 Å². The van der Waals surface area contributed by atoms with Gasteiger partial charge in [-0.15, -0.1) is 0 Å².